The zero-order valence-corrected chi connectivity index (χ0v) is 10.5. The summed E-state index contributed by atoms with van der Waals surface area (Å²) < 4.78 is 15.7. The molecule has 18 heavy (non-hydrogen) atoms. The van der Waals surface area contributed by atoms with Crippen LogP contribution in [0.4, 0.5) is 11.9 Å². The molecule has 0 amide bonds. The van der Waals surface area contributed by atoms with Crippen molar-refractivity contribution in [1.29, 1.82) is 0 Å². The Morgan fingerprint density at radius 3 is 2.83 bits per heavy atom. The van der Waals surface area contributed by atoms with Crippen LogP contribution in [-0.2, 0) is 9.47 Å². The van der Waals surface area contributed by atoms with Crippen LogP contribution in [0, 0.1) is 0 Å². The molecule has 1 aromatic heterocycles. The van der Waals surface area contributed by atoms with Gasteiger partial charge in [0.05, 0.1) is 13.7 Å². The lowest BCUT2D eigenvalue weighted by Gasteiger charge is -2.25. The van der Waals surface area contributed by atoms with E-state index in [-0.39, 0.29) is 17.6 Å². The third-order valence-corrected chi connectivity index (χ3v) is 2.88. The number of nitrogens with two attached hydrogens (primary N) is 1. The number of ether oxygens (including phenoxy) is 3. The maximum absolute atomic E-state index is 5.55. The lowest BCUT2D eigenvalue weighted by atomic mass is 10.0. The first-order valence-corrected chi connectivity index (χ1v) is 5.60. The second-order valence-corrected chi connectivity index (χ2v) is 4.05. The SMILES string of the molecule is COc1nc(N)nc(NCC2(OC)CCOC2)n1. The van der Waals surface area contributed by atoms with Crippen molar-refractivity contribution in [3.8, 4) is 6.01 Å². The number of methoxy groups -OCH3 is 2. The van der Waals surface area contributed by atoms with E-state index in [0.717, 1.165) is 6.42 Å². The third-order valence-electron chi connectivity index (χ3n) is 2.88. The Morgan fingerprint density at radius 1 is 1.39 bits per heavy atom. The predicted octanol–water partition coefficient (Wildman–Crippen LogP) is -0.320. The van der Waals surface area contributed by atoms with Crippen molar-refractivity contribution in [2.45, 2.75) is 12.0 Å². The number of hydrogen-bond acceptors (Lipinski definition) is 8. The third kappa shape index (κ3) is 2.77. The summed E-state index contributed by atoms with van der Waals surface area (Å²) in [6.07, 6.45) is 0.828. The zero-order chi connectivity index (χ0) is 13.0. The van der Waals surface area contributed by atoms with Gasteiger partial charge in [-0.1, -0.05) is 0 Å². The molecule has 2 heterocycles. The van der Waals surface area contributed by atoms with E-state index in [4.69, 9.17) is 19.9 Å². The minimum Gasteiger partial charge on any atom is -0.467 e. The first kappa shape index (κ1) is 12.8. The van der Waals surface area contributed by atoms with Crippen LogP contribution in [0.15, 0.2) is 0 Å². The number of nitrogens with zero attached hydrogens (tertiary/aromatic N) is 3. The summed E-state index contributed by atoms with van der Waals surface area (Å²) in [5.74, 6) is 0.473. The van der Waals surface area contributed by atoms with Crippen LogP contribution in [0.3, 0.4) is 0 Å². The molecule has 0 aliphatic carbocycles. The lowest BCUT2D eigenvalue weighted by molar-refractivity contribution is -0.00632. The van der Waals surface area contributed by atoms with E-state index in [2.05, 4.69) is 20.3 Å². The summed E-state index contributed by atoms with van der Waals surface area (Å²) >= 11 is 0. The number of nitrogen functional groups attached to an aromatic ring is 1. The fourth-order valence-electron chi connectivity index (χ4n) is 1.74. The highest BCUT2D eigenvalue weighted by Gasteiger charge is 2.35. The molecule has 0 radical (unpaired) electrons. The molecule has 0 saturated carbocycles. The van der Waals surface area contributed by atoms with E-state index in [1.54, 1.807) is 7.11 Å². The van der Waals surface area contributed by atoms with Gasteiger partial charge in [0.2, 0.25) is 11.9 Å². The molecule has 1 aliphatic rings. The molecule has 1 aromatic rings. The van der Waals surface area contributed by atoms with Gasteiger partial charge in [-0.05, 0) is 0 Å². The Balaban J connectivity index is 2.03. The van der Waals surface area contributed by atoms with E-state index in [9.17, 15) is 0 Å². The minimum atomic E-state index is -0.339. The van der Waals surface area contributed by atoms with E-state index >= 15 is 0 Å². The Morgan fingerprint density at radius 2 is 2.22 bits per heavy atom. The highest BCUT2D eigenvalue weighted by atomic mass is 16.5. The van der Waals surface area contributed by atoms with E-state index < -0.39 is 0 Å². The average Bonchev–Trinajstić information content (AvgIpc) is 2.85. The average molecular weight is 255 g/mol. The summed E-state index contributed by atoms with van der Waals surface area (Å²) in [5.41, 5.74) is 5.21. The van der Waals surface area contributed by atoms with Crippen LogP contribution in [0.25, 0.3) is 0 Å². The van der Waals surface area contributed by atoms with Crippen molar-refractivity contribution < 1.29 is 14.2 Å². The minimum absolute atomic E-state index is 0.110. The summed E-state index contributed by atoms with van der Waals surface area (Å²) in [6.45, 7) is 1.78. The molecule has 0 aromatic carbocycles. The fourth-order valence-corrected chi connectivity index (χ4v) is 1.74. The summed E-state index contributed by atoms with van der Waals surface area (Å²) in [7, 11) is 3.14. The molecular weight excluding hydrogens is 238 g/mol. The predicted molar refractivity (Wildman–Crippen MR) is 64.5 cm³/mol. The monoisotopic (exact) mass is 255 g/mol. The molecule has 8 heteroatoms. The number of nitrogens with one attached hydrogen (secondary N) is 1. The van der Waals surface area contributed by atoms with E-state index in [0.29, 0.717) is 25.7 Å². The Labute approximate surface area is 105 Å². The maximum Gasteiger partial charge on any atom is 0.322 e. The normalized spacial score (nSPS) is 23.0. The summed E-state index contributed by atoms with van der Waals surface area (Å²) in [5, 5.41) is 3.07. The van der Waals surface area contributed by atoms with Crippen LogP contribution >= 0.6 is 0 Å². The lowest BCUT2D eigenvalue weighted by Crippen LogP contribution is -2.40. The van der Waals surface area contributed by atoms with E-state index in [1.165, 1.54) is 7.11 Å². The molecule has 0 spiro atoms. The van der Waals surface area contributed by atoms with Gasteiger partial charge in [-0.3, -0.25) is 0 Å². The molecule has 3 N–H and O–H groups in total. The first-order chi connectivity index (χ1) is 8.67. The van der Waals surface area contributed by atoms with Crippen LogP contribution in [-0.4, -0.2) is 54.5 Å². The quantitative estimate of drug-likeness (QED) is 0.737. The standard InChI is InChI=1S/C10H17N5O3/c1-16-9-14-7(11)13-8(15-9)12-5-10(17-2)3-4-18-6-10/h3-6H2,1-2H3,(H3,11,12,13,14,15). The van der Waals surface area contributed by atoms with Gasteiger partial charge in [0.1, 0.15) is 5.60 Å². The number of hydrogen-bond donors (Lipinski definition) is 2. The van der Waals surface area contributed by atoms with Gasteiger partial charge in [0.25, 0.3) is 0 Å². The Hall–Kier alpha value is -1.67. The molecule has 1 aliphatic heterocycles. The molecule has 1 atom stereocenters. The van der Waals surface area contributed by atoms with Gasteiger partial charge >= 0.3 is 6.01 Å². The highest BCUT2D eigenvalue weighted by molar-refractivity contribution is 5.33. The molecule has 0 bridgehead atoms. The summed E-state index contributed by atoms with van der Waals surface area (Å²) in [6, 6.07) is 0.180. The van der Waals surface area contributed by atoms with Gasteiger partial charge in [-0.25, -0.2) is 0 Å². The maximum atomic E-state index is 5.55. The fraction of sp³-hybridized carbons (Fsp3) is 0.700. The zero-order valence-electron chi connectivity index (χ0n) is 10.5. The number of aromatic nitrogens is 3. The van der Waals surface area contributed by atoms with Crippen molar-refractivity contribution >= 4 is 11.9 Å². The van der Waals surface area contributed by atoms with Gasteiger partial charge in [0.15, 0.2) is 0 Å². The molecule has 100 valence electrons. The van der Waals surface area contributed by atoms with Gasteiger partial charge in [-0.15, -0.1) is 0 Å². The van der Waals surface area contributed by atoms with Crippen LogP contribution in [0.5, 0.6) is 6.01 Å². The van der Waals surface area contributed by atoms with Gasteiger partial charge in [0, 0.05) is 26.7 Å². The second kappa shape index (κ2) is 5.32. The molecular formula is C10H17N5O3. The van der Waals surface area contributed by atoms with Crippen molar-refractivity contribution in [2.24, 2.45) is 0 Å². The van der Waals surface area contributed by atoms with E-state index in [1.807, 2.05) is 0 Å². The number of rotatable bonds is 5. The molecule has 2 rings (SSSR count). The van der Waals surface area contributed by atoms with Crippen molar-refractivity contribution in [3.63, 3.8) is 0 Å². The van der Waals surface area contributed by atoms with Crippen LogP contribution in [0.1, 0.15) is 6.42 Å². The topological polar surface area (TPSA) is 104 Å². The van der Waals surface area contributed by atoms with Crippen molar-refractivity contribution in [3.05, 3.63) is 0 Å². The first-order valence-electron chi connectivity index (χ1n) is 5.60. The largest absolute Gasteiger partial charge is 0.467 e. The van der Waals surface area contributed by atoms with Crippen molar-refractivity contribution in [1.82, 2.24) is 15.0 Å². The molecule has 8 nitrogen and oxygen atoms in total. The molecule has 1 saturated heterocycles. The molecule has 1 unspecified atom stereocenters. The summed E-state index contributed by atoms with van der Waals surface area (Å²) in [4.78, 5) is 11.8. The van der Waals surface area contributed by atoms with Gasteiger partial charge in [-0.2, -0.15) is 15.0 Å². The Bertz CT molecular complexity index is 408. The van der Waals surface area contributed by atoms with Crippen molar-refractivity contribution in [2.75, 3.05) is 45.0 Å². The van der Waals surface area contributed by atoms with Crippen LogP contribution in [0.2, 0.25) is 0 Å². The second-order valence-electron chi connectivity index (χ2n) is 4.05. The Kier molecular flexibility index (Phi) is 3.78. The highest BCUT2D eigenvalue weighted by Crippen LogP contribution is 2.22. The van der Waals surface area contributed by atoms with Gasteiger partial charge < -0.3 is 25.3 Å². The molecule has 1 fully saturated rings. The van der Waals surface area contributed by atoms with Crippen LogP contribution < -0.4 is 15.8 Å². The smallest absolute Gasteiger partial charge is 0.322 e. The number of anilines is 2.